The van der Waals surface area contributed by atoms with Crippen molar-refractivity contribution in [3.05, 3.63) is 24.3 Å². The molecular weight excluding hydrogens is 220 g/mol. The summed E-state index contributed by atoms with van der Waals surface area (Å²) in [5, 5.41) is 0. The van der Waals surface area contributed by atoms with Crippen molar-refractivity contribution in [2.75, 3.05) is 13.2 Å². The number of carbonyl (C=O) groups is 2. The predicted molar refractivity (Wildman–Crippen MR) is 65.4 cm³/mol. The van der Waals surface area contributed by atoms with E-state index in [0.717, 1.165) is 30.6 Å². The van der Waals surface area contributed by atoms with Crippen LogP contribution in [0.5, 0.6) is 0 Å². The topological polar surface area (TPSA) is 52.6 Å². The Labute approximate surface area is 102 Å². The second kappa shape index (κ2) is 9.63. The number of esters is 2. The van der Waals surface area contributed by atoms with Crippen LogP contribution in [-0.2, 0) is 19.1 Å². The largest absolute Gasteiger partial charge is 0.463 e. The fourth-order valence-corrected chi connectivity index (χ4v) is 0.875. The second-order valence-electron chi connectivity index (χ2n) is 3.73. The van der Waals surface area contributed by atoms with Crippen LogP contribution < -0.4 is 0 Å². The van der Waals surface area contributed by atoms with E-state index in [0.29, 0.717) is 13.0 Å². The van der Waals surface area contributed by atoms with Crippen molar-refractivity contribution in [3.8, 4) is 0 Å². The maximum atomic E-state index is 11.1. The van der Waals surface area contributed by atoms with Gasteiger partial charge in [-0.3, -0.25) is 0 Å². The number of rotatable bonds is 8. The van der Waals surface area contributed by atoms with Crippen LogP contribution in [0.2, 0.25) is 0 Å². The molecule has 0 aliphatic carbocycles. The lowest BCUT2D eigenvalue weighted by atomic mass is 10.3. The van der Waals surface area contributed by atoms with Crippen LogP contribution in [0.1, 0.15) is 33.1 Å². The average molecular weight is 240 g/mol. The van der Waals surface area contributed by atoms with E-state index >= 15 is 0 Å². The highest BCUT2D eigenvalue weighted by atomic mass is 16.5. The minimum absolute atomic E-state index is 0.281. The molecule has 0 saturated heterocycles. The summed E-state index contributed by atoms with van der Waals surface area (Å²) in [5.74, 6) is -1.06. The SMILES string of the molecule is C=C(C)CCOC(=O)/C=C/C(=O)OCCCC. The summed E-state index contributed by atoms with van der Waals surface area (Å²) in [6, 6.07) is 0. The fourth-order valence-electron chi connectivity index (χ4n) is 0.875. The van der Waals surface area contributed by atoms with Crippen molar-refractivity contribution in [1.29, 1.82) is 0 Å². The van der Waals surface area contributed by atoms with Crippen LogP contribution in [0.4, 0.5) is 0 Å². The molecule has 4 heteroatoms. The van der Waals surface area contributed by atoms with Crippen molar-refractivity contribution < 1.29 is 19.1 Å². The molecule has 0 N–H and O–H groups in total. The monoisotopic (exact) mass is 240 g/mol. The highest BCUT2D eigenvalue weighted by Crippen LogP contribution is 1.96. The molecule has 0 rings (SSSR count). The molecule has 0 bridgehead atoms. The lowest BCUT2D eigenvalue weighted by Gasteiger charge is -2.01. The Bertz CT molecular complexity index is 292. The van der Waals surface area contributed by atoms with Gasteiger partial charge in [0.15, 0.2) is 0 Å². The first-order valence-corrected chi connectivity index (χ1v) is 5.72. The maximum absolute atomic E-state index is 11.1. The van der Waals surface area contributed by atoms with Crippen LogP contribution in [-0.4, -0.2) is 25.2 Å². The summed E-state index contributed by atoms with van der Waals surface area (Å²) < 4.78 is 9.66. The highest BCUT2D eigenvalue weighted by molar-refractivity contribution is 5.91. The molecule has 0 amide bonds. The zero-order valence-electron chi connectivity index (χ0n) is 10.5. The highest BCUT2D eigenvalue weighted by Gasteiger charge is 2.00. The Hall–Kier alpha value is -1.58. The third kappa shape index (κ3) is 10.7. The Morgan fingerprint density at radius 1 is 1.12 bits per heavy atom. The van der Waals surface area contributed by atoms with E-state index in [1.807, 2.05) is 13.8 Å². The molecule has 0 atom stereocenters. The molecule has 0 unspecified atom stereocenters. The molecule has 0 heterocycles. The Morgan fingerprint density at radius 3 is 2.12 bits per heavy atom. The van der Waals surface area contributed by atoms with Gasteiger partial charge in [0.05, 0.1) is 13.2 Å². The third-order valence-electron chi connectivity index (χ3n) is 1.87. The van der Waals surface area contributed by atoms with E-state index in [2.05, 4.69) is 6.58 Å². The molecule has 4 nitrogen and oxygen atoms in total. The van der Waals surface area contributed by atoms with E-state index in [4.69, 9.17) is 9.47 Å². The van der Waals surface area contributed by atoms with Gasteiger partial charge in [-0.2, -0.15) is 0 Å². The van der Waals surface area contributed by atoms with Crippen molar-refractivity contribution in [2.24, 2.45) is 0 Å². The quantitative estimate of drug-likeness (QED) is 0.283. The summed E-state index contributed by atoms with van der Waals surface area (Å²) in [4.78, 5) is 22.2. The van der Waals surface area contributed by atoms with Crippen molar-refractivity contribution >= 4 is 11.9 Å². The van der Waals surface area contributed by atoms with Gasteiger partial charge in [-0.05, 0) is 13.3 Å². The molecule has 0 aliphatic heterocycles. The van der Waals surface area contributed by atoms with Crippen molar-refractivity contribution in [3.63, 3.8) is 0 Å². The van der Waals surface area contributed by atoms with Gasteiger partial charge in [-0.1, -0.05) is 18.9 Å². The molecule has 0 aromatic rings. The summed E-state index contributed by atoms with van der Waals surface area (Å²) in [7, 11) is 0. The molecule has 0 fully saturated rings. The van der Waals surface area contributed by atoms with E-state index in [1.165, 1.54) is 0 Å². The first-order valence-electron chi connectivity index (χ1n) is 5.72. The van der Waals surface area contributed by atoms with Crippen LogP contribution >= 0.6 is 0 Å². The van der Waals surface area contributed by atoms with Gasteiger partial charge in [0.2, 0.25) is 0 Å². The first-order chi connectivity index (χ1) is 8.06. The number of unbranched alkanes of at least 4 members (excludes halogenated alkanes) is 1. The van der Waals surface area contributed by atoms with Gasteiger partial charge in [0, 0.05) is 18.6 Å². The minimum atomic E-state index is -0.543. The maximum Gasteiger partial charge on any atom is 0.331 e. The summed E-state index contributed by atoms with van der Waals surface area (Å²) in [5.41, 5.74) is 0.945. The predicted octanol–water partition coefficient (Wildman–Crippen LogP) is 2.40. The van der Waals surface area contributed by atoms with Gasteiger partial charge >= 0.3 is 11.9 Å². The fraction of sp³-hybridized carbons (Fsp3) is 0.538. The van der Waals surface area contributed by atoms with Crippen LogP contribution in [0, 0.1) is 0 Å². The number of hydrogen-bond donors (Lipinski definition) is 0. The van der Waals surface area contributed by atoms with E-state index in [9.17, 15) is 9.59 Å². The van der Waals surface area contributed by atoms with Crippen LogP contribution in [0.15, 0.2) is 24.3 Å². The summed E-state index contributed by atoms with van der Waals surface area (Å²) in [6.45, 7) is 8.20. The first kappa shape index (κ1) is 15.4. The lowest BCUT2D eigenvalue weighted by molar-refractivity contribution is -0.140. The average Bonchev–Trinajstić information content (AvgIpc) is 2.26. The Balaban J connectivity index is 3.71. The van der Waals surface area contributed by atoms with Crippen LogP contribution in [0.25, 0.3) is 0 Å². The molecule has 17 heavy (non-hydrogen) atoms. The van der Waals surface area contributed by atoms with Crippen molar-refractivity contribution in [2.45, 2.75) is 33.1 Å². The van der Waals surface area contributed by atoms with Gasteiger partial charge in [-0.25, -0.2) is 9.59 Å². The van der Waals surface area contributed by atoms with Gasteiger partial charge in [0.25, 0.3) is 0 Å². The van der Waals surface area contributed by atoms with E-state index in [1.54, 1.807) is 0 Å². The van der Waals surface area contributed by atoms with Gasteiger partial charge < -0.3 is 9.47 Å². The number of carbonyl (C=O) groups excluding carboxylic acids is 2. The second-order valence-corrected chi connectivity index (χ2v) is 3.73. The Morgan fingerprint density at radius 2 is 1.65 bits per heavy atom. The van der Waals surface area contributed by atoms with Crippen LogP contribution in [0.3, 0.4) is 0 Å². The molecule has 0 aliphatic rings. The standard InChI is InChI=1S/C13H20O4/c1-4-5-9-16-12(14)6-7-13(15)17-10-8-11(2)3/h6-7H,2,4-5,8-10H2,1,3H3/b7-6+. The van der Waals surface area contributed by atoms with E-state index in [-0.39, 0.29) is 6.61 Å². The third-order valence-corrected chi connectivity index (χ3v) is 1.87. The Kier molecular flexibility index (Phi) is 8.74. The summed E-state index contributed by atoms with van der Waals surface area (Å²) >= 11 is 0. The minimum Gasteiger partial charge on any atom is -0.463 e. The molecular formula is C13H20O4. The van der Waals surface area contributed by atoms with Crippen molar-refractivity contribution in [1.82, 2.24) is 0 Å². The zero-order chi connectivity index (χ0) is 13.1. The molecule has 0 saturated carbocycles. The lowest BCUT2D eigenvalue weighted by Crippen LogP contribution is -2.06. The molecule has 0 aromatic carbocycles. The van der Waals surface area contributed by atoms with Gasteiger partial charge in [-0.15, -0.1) is 6.58 Å². The molecule has 0 spiro atoms. The van der Waals surface area contributed by atoms with E-state index < -0.39 is 11.9 Å². The number of ether oxygens (including phenoxy) is 2. The smallest absolute Gasteiger partial charge is 0.331 e. The zero-order valence-corrected chi connectivity index (χ0v) is 10.5. The molecule has 0 radical (unpaired) electrons. The summed E-state index contributed by atoms with van der Waals surface area (Å²) in [6.07, 6.45) is 4.56. The molecule has 96 valence electrons. The number of hydrogen-bond acceptors (Lipinski definition) is 4. The molecule has 0 aromatic heterocycles. The van der Waals surface area contributed by atoms with Gasteiger partial charge in [0.1, 0.15) is 0 Å². The normalized spacial score (nSPS) is 10.2.